The van der Waals surface area contributed by atoms with Crippen LogP contribution in [0.5, 0.6) is 28.7 Å². The third-order valence-electron chi connectivity index (χ3n) is 15.4. The summed E-state index contributed by atoms with van der Waals surface area (Å²) < 4.78 is 34.5. The number of hydrogen-bond acceptors (Lipinski definition) is 10. The molecule has 15 nitrogen and oxygen atoms in total. The zero-order valence-corrected chi connectivity index (χ0v) is 53.7. The Labute approximate surface area is 512 Å². The number of imidazole rings is 1. The fourth-order valence-corrected chi connectivity index (χ4v) is 10.2. The summed E-state index contributed by atoms with van der Waals surface area (Å²) in [6.07, 6.45) is 36.9. The summed E-state index contributed by atoms with van der Waals surface area (Å²) in [7, 11) is 0. The van der Waals surface area contributed by atoms with Crippen LogP contribution in [0, 0.1) is 0 Å². The van der Waals surface area contributed by atoms with Gasteiger partial charge in [0.05, 0.1) is 67.6 Å². The molecule has 0 saturated heterocycles. The number of amides is 4. The van der Waals surface area contributed by atoms with E-state index in [4.69, 9.17) is 23.7 Å². The number of unbranched alkanes of at least 4 members (excludes halogenated alkanes) is 25. The monoisotopic (exact) mass is 1180 g/mol. The van der Waals surface area contributed by atoms with Gasteiger partial charge in [0.25, 0.3) is 11.8 Å². The van der Waals surface area contributed by atoms with Gasteiger partial charge in [-0.3, -0.25) is 19.2 Å². The molecule has 85 heavy (non-hydrogen) atoms. The van der Waals surface area contributed by atoms with Crippen LogP contribution >= 0.6 is 0 Å². The lowest BCUT2D eigenvalue weighted by molar-refractivity contribution is -0.134. The first kappa shape index (κ1) is 71.2. The van der Waals surface area contributed by atoms with E-state index in [9.17, 15) is 9.59 Å². The van der Waals surface area contributed by atoms with E-state index in [1.807, 2.05) is 42.8 Å². The van der Waals surface area contributed by atoms with Gasteiger partial charge in [0, 0.05) is 43.3 Å². The van der Waals surface area contributed by atoms with Crippen LogP contribution in [-0.4, -0.2) is 84.2 Å². The fraction of sp³-hybridized carbons (Fsp3) is 0.643. The molecular weight excluding hydrogens is 1070 g/mol. The largest absolute Gasteiger partial charge is 0.493 e. The molecule has 0 aliphatic heterocycles. The van der Waals surface area contributed by atoms with E-state index in [2.05, 4.69) is 55.6 Å². The number of ether oxygens (including phenoxy) is 5. The van der Waals surface area contributed by atoms with Crippen molar-refractivity contribution in [2.24, 2.45) is 0 Å². The molecule has 3 N–H and O–H groups in total. The standard InChI is InChI=1S/C70H110N6O9/c1-8-15-20-25-30-35-44-81-62-41-40-56(76-43-42-71-55-76)49-59(62)73-69(79)58-51-61(66(85-48-39-34-29-24-19-12-5)53-64(58)83-46-37-32-27-22-17-10-3)74-70(80)57-50-60(72-67(77)54-68(78)75(13-6)14-7)65(84-47-38-33-28-23-18-11-4)52-63(57)82-45-36-31-26-21-16-9-2/h40-43,49-53,55H,8-39,44-48,54H2,1-7H3,(H,72,77)(H,73,79)(H,74,80). The van der Waals surface area contributed by atoms with Crippen molar-refractivity contribution < 1.29 is 42.9 Å². The number of benzene rings is 3. The molecule has 0 spiro atoms. The quantitative estimate of drug-likeness (QED) is 0.0285. The van der Waals surface area contributed by atoms with Crippen molar-refractivity contribution in [3.8, 4) is 34.4 Å². The molecule has 4 rings (SSSR count). The van der Waals surface area contributed by atoms with Crippen molar-refractivity contribution in [3.63, 3.8) is 0 Å². The van der Waals surface area contributed by atoms with Crippen LogP contribution < -0.4 is 39.6 Å². The second-order valence-corrected chi connectivity index (χ2v) is 22.6. The van der Waals surface area contributed by atoms with Crippen LogP contribution in [0.2, 0.25) is 0 Å². The number of nitrogens with zero attached hydrogens (tertiary/aromatic N) is 3. The molecule has 474 valence electrons. The Hall–Kier alpha value is -6.25. The zero-order chi connectivity index (χ0) is 61.1. The zero-order valence-electron chi connectivity index (χ0n) is 53.7. The second-order valence-electron chi connectivity index (χ2n) is 22.6. The van der Waals surface area contributed by atoms with E-state index in [1.54, 1.807) is 41.7 Å². The molecule has 0 fully saturated rings. The summed E-state index contributed by atoms with van der Waals surface area (Å²) in [5, 5.41) is 9.27. The van der Waals surface area contributed by atoms with Gasteiger partial charge in [-0.25, -0.2) is 4.98 Å². The molecule has 4 aromatic rings. The number of rotatable bonds is 50. The van der Waals surface area contributed by atoms with E-state index in [0.717, 1.165) is 153 Å². The van der Waals surface area contributed by atoms with Crippen LogP contribution in [0.15, 0.2) is 61.2 Å². The fourth-order valence-electron chi connectivity index (χ4n) is 10.2. The molecule has 0 bridgehead atoms. The third kappa shape index (κ3) is 27.8. The molecule has 0 radical (unpaired) electrons. The highest BCUT2D eigenvalue weighted by Crippen LogP contribution is 2.39. The van der Waals surface area contributed by atoms with Crippen molar-refractivity contribution in [3.05, 3.63) is 72.3 Å². The molecule has 0 aliphatic carbocycles. The summed E-state index contributed by atoms with van der Waals surface area (Å²) in [6.45, 7) is 17.7. The van der Waals surface area contributed by atoms with Crippen molar-refractivity contribution in [2.45, 2.75) is 248 Å². The molecular formula is C70H110N6O9. The predicted octanol–water partition coefficient (Wildman–Crippen LogP) is 18.3. The Bertz CT molecular complexity index is 2480. The summed E-state index contributed by atoms with van der Waals surface area (Å²) in [4.78, 5) is 63.4. The Morgan fingerprint density at radius 1 is 0.412 bits per heavy atom. The second kappa shape index (κ2) is 44.2. The van der Waals surface area contributed by atoms with Gasteiger partial charge in [-0.2, -0.15) is 0 Å². The summed E-state index contributed by atoms with van der Waals surface area (Å²) in [6, 6.07) is 12.3. The van der Waals surface area contributed by atoms with Gasteiger partial charge in [0.1, 0.15) is 35.2 Å². The number of aromatic nitrogens is 2. The third-order valence-corrected chi connectivity index (χ3v) is 15.4. The maximum atomic E-state index is 15.3. The van der Waals surface area contributed by atoms with Crippen LogP contribution in [0.4, 0.5) is 17.1 Å². The van der Waals surface area contributed by atoms with Crippen molar-refractivity contribution in [1.29, 1.82) is 0 Å². The smallest absolute Gasteiger partial charge is 0.259 e. The van der Waals surface area contributed by atoms with E-state index < -0.39 is 17.7 Å². The summed E-state index contributed by atoms with van der Waals surface area (Å²) in [5.74, 6) is -0.0540. The average Bonchev–Trinajstić information content (AvgIpc) is 2.90. The van der Waals surface area contributed by atoms with Crippen molar-refractivity contribution >= 4 is 40.7 Å². The highest BCUT2D eigenvalue weighted by atomic mass is 16.5. The summed E-state index contributed by atoms with van der Waals surface area (Å²) in [5.41, 5.74) is 2.06. The first-order chi connectivity index (χ1) is 41.6. The molecule has 3 aromatic carbocycles. The first-order valence-corrected chi connectivity index (χ1v) is 33.4. The Kier molecular flexibility index (Phi) is 37.1. The number of carbonyl (C=O) groups excluding carboxylic acids is 4. The number of anilines is 3. The molecule has 1 heterocycles. The maximum Gasteiger partial charge on any atom is 0.259 e. The van der Waals surface area contributed by atoms with E-state index in [1.165, 1.54) is 44.9 Å². The van der Waals surface area contributed by atoms with Gasteiger partial charge in [-0.1, -0.05) is 195 Å². The number of hydrogen-bond donors (Lipinski definition) is 3. The molecule has 0 atom stereocenters. The van der Waals surface area contributed by atoms with Gasteiger partial charge in [-0.15, -0.1) is 0 Å². The van der Waals surface area contributed by atoms with Gasteiger partial charge in [0.15, 0.2) is 0 Å². The van der Waals surface area contributed by atoms with Crippen LogP contribution in [0.25, 0.3) is 5.69 Å². The van der Waals surface area contributed by atoms with Crippen LogP contribution in [0.3, 0.4) is 0 Å². The van der Waals surface area contributed by atoms with Gasteiger partial charge < -0.3 is 49.1 Å². The maximum absolute atomic E-state index is 15.3. The average molecular weight is 1180 g/mol. The normalized spacial score (nSPS) is 11.1. The van der Waals surface area contributed by atoms with E-state index in [-0.39, 0.29) is 40.6 Å². The number of nitrogens with one attached hydrogen (secondary N) is 3. The molecule has 0 aliphatic rings. The minimum absolute atomic E-state index is 0.128. The lowest BCUT2D eigenvalue weighted by Gasteiger charge is -2.21. The highest BCUT2D eigenvalue weighted by molar-refractivity contribution is 6.12. The Balaban J connectivity index is 1.85. The molecule has 15 heteroatoms. The van der Waals surface area contributed by atoms with Crippen molar-refractivity contribution in [2.75, 3.05) is 62.1 Å². The minimum Gasteiger partial charge on any atom is -0.493 e. The van der Waals surface area contributed by atoms with Crippen LogP contribution in [0.1, 0.15) is 268 Å². The predicted molar refractivity (Wildman–Crippen MR) is 348 cm³/mol. The minimum atomic E-state index is -0.565. The van der Waals surface area contributed by atoms with Crippen LogP contribution in [-0.2, 0) is 9.59 Å². The molecule has 0 unspecified atom stereocenters. The lowest BCUT2D eigenvalue weighted by Crippen LogP contribution is -2.33. The van der Waals surface area contributed by atoms with Gasteiger partial charge in [0.2, 0.25) is 11.8 Å². The SMILES string of the molecule is CCCCCCCCOc1cc(OCCCCCCCC)c(C(=O)Nc2cc(C(=O)Nc3cc(-n4ccnc4)ccc3OCCCCCCCC)c(OCCCCCCCC)cc2OCCCCCCCC)cc1NC(=O)CC(=O)N(CC)CC. The van der Waals surface area contributed by atoms with E-state index in [0.29, 0.717) is 74.8 Å². The van der Waals surface area contributed by atoms with Gasteiger partial charge >= 0.3 is 0 Å². The molecule has 1 aromatic heterocycles. The molecule has 4 amide bonds. The Morgan fingerprint density at radius 2 is 0.765 bits per heavy atom. The van der Waals surface area contributed by atoms with E-state index >= 15 is 9.59 Å². The highest BCUT2D eigenvalue weighted by Gasteiger charge is 2.26. The Morgan fingerprint density at radius 3 is 1.14 bits per heavy atom. The topological polar surface area (TPSA) is 172 Å². The van der Waals surface area contributed by atoms with Crippen molar-refractivity contribution in [1.82, 2.24) is 14.5 Å². The van der Waals surface area contributed by atoms with Gasteiger partial charge in [-0.05, 0) is 76.3 Å². The lowest BCUT2D eigenvalue weighted by atomic mass is 10.1. The first-order valence-electron chi connectivity index (χ1n) is 33.4. The summed E-state index contributed by atoms with van der Waals surface area (Å²) >= 11 is 0. The number of carbonyl (C=O) groups is 4. The molecule has 0 saturated carbocycles.